The summed E-state index contributed by atoms with van der Waals surface area (Å²) in [5.74, 6) is -7.87. The highest BCUT2D eigenvalue weighted by Crippen LogP contribution is 2.20. The van der Waals surface area contributed by atoms with E-state index in [9.17, 15) is 43.8 Å². The van der Waals surface area contributed by atoms with Crippen molar-refractivity contribution in [2.24, 2.45) is 0 Å². The van der Waals surface area contributed by atoms with Crippen LogP contribution in [0.15, 0.2) is 42.5 Å². The van der Waals surface area contributed by atoms with Gasteiger partial charge < -0.3 is 33.9 Å². The Kier molecular flexibility index (Phi) is 14.3. The molecular weight excluding hydrogens is 572 g/mol. The summed E-state index contributed by atoms with van der Waals surface area (Å²) in [5.41, 5.74) is -1.76. The zero-order valence-corrected chi connectivity index (χ0v) is 24.2. The SMILES string of the molecule is C=C(C)C(=O)OCC(OC(=O)c1ccc(C(=O)O)c(C(=O)O)c1)C(OC(=O)CCC(=O)OCCC)C(C)OC(=O)C(=C)C. The van der Waals surface area contributed by atoms with Crippen LogP contribution in [0, 0.1) is 0 Å². The van der Waals surface area contributed by atoms with Gasteiger partial charge in [0.25, 0.3) is 0 Å². The molecule has 0 heterocycles. The molecule has 3 atom stereocenters. The lowest BCUT2D eigenvalue weighted by molar-refractivity contribution is -0.179. The highest BCUT2D eigenvalue weighted by atomic mass is 16.6. The molecule has 0 spiro atoms. The van der Waals surface area contributed by atoms with Crippen molar-refractivity contribution in [1.82, 2.24) is 0 Å². The molecule has 43 heavy (non-hydrogen) atoms. The van der Waals surface area contributed by atoms with Gasteiger partial charge in [-0.25, -0.2) is 24.0 Å². The second-order valence-electron chi connectivity index (χ2n) is 9.26. The van der Waals surface area contributed by atoms with Gasteiger partial charge in [-0.05, 0) is 45.4 Å². The quantitative estimate of drug-likeness (QED) is 0.149. The zero-order valence-electron chi connectivity index (χ0n) is 24.2. The highest BCUT2D eigenvalue weighted by Gasteiger charge is 2.37. The van der Waals surface area contributed by atoms with Crippen molar-refractivity contribution >= 4 is 41.8 Å². The fourth-order valence-corrected chi connectivity index (χ4v) is 3.23. The molecule has 0 radical (unpaired) electrons. The lowest BCUT2D eigenvalue weighted by atomic mass is 10.0. The van der Waals surface area contributed by atoms with Gasteiger partial charge in [-0.3, -0.25) is 9.59 Å². The summed E-state index contributed by atoms with van der Waals surface area (Å²) >= 11 is 0. The van der Waals surface area contributed by atoms with E-state index in [1.165, 1.54) is 20.8 Å². The molecule has 2 N–H and O–H groups in total. The molecule has 234 valence electrons. The zero-order chi connectivity index (χ0) is 32.9. The number of carboxylic acid groups (broad SMARTS) is 2. The van der Waals surface area contributed by atoms with Crippen molar-refractivity contribution < 1.29 is 67.5 Å². The van der Waals surface area contributed by atoms with Crippen molar-refractivity contribution in [2.75, 3.05) is 13.2 Å². The number of hydrogen-bond acceptors (Lipinski definition) is 12. The minimum Gasteiger partial charge on any atom is -0.478 e. The lowest BCUT2D eigenvalue weighted by Gasteiger charge is -2.30. The minimum absolute atomic E-state index is 0.0161. The molecule has 0 saturated heterocycles. The van der Waals surface area contributed by atoms with E-state index < -0.39 is 89.8 Å². The first-order chi connectivity index (χ1) is 20.1. The molecule has 14 heteroatoms. The van der Waals surface area contributed by atoms with Crippen LogP contribution in [0.25, 0.3) is 0 Å². The van der Waals surface area contributed by atoms with Crippen molar-refractivity contribution in [3.05, 3.63) is 59.2 Å². The monoisotopic (exact) mass is 606 g/mol. The summed E-state index contributed by atoms with van der Waals surface area (Å²) in [6.07, 6.45) is -4.88. The molecule has 1 aromatic carbocycles. The van der Waals surface area contributed by atoms with Crippen LogP contribution >= 0.6 is 0 Å². The first-order valence-electron chi connectivity index (χ1n) is 12.9. The summed E-state index contributed by atoms with van der Waals surface area (Å²) in [5, 5.41) is 18.6. The molecule has 1 rings (SSSR count). The van der Waals surface area contributed by atoms with Gasteiger partial charge in [0.2, 0.25) is 0 Å². The number of hydrogen-bond donors (Lipinski definition) is 2. The van der Waals surface area contributed by atoms with Crippen LogP contribution in [0.4, 0.5) is 0 Å². The Morgan fingerprint density at radius 2 is 1.37 bits per heavy atom. The number of ether oxygens (including phenoxy) is 5. The molecule has 0 bridgehead atoms. The van der Waals surface area contributed by atoms with Crippen LogP contribution in [-0.2, 0) is 42.9 Å². The van der Waals surface area contributed by atoms with Crippen molar-refractivity contribution in [3.63, 3.8) is 0 Å². The average Bonchev–Trinajstić information content (AvgIpc) is 2.94. The van der Waals surface area contributed by atoms with Crippen LogP contribution < -0.4 is 0 Å². The predicted molar refractivity (Wildman–Crippen MR) is 146 cm³/mol. The number of rotatable bonds is 17. The Hall–Kier alpha value is -5.01. The lowest BCUT2D eigenvalue weighted by Crippen LogP contribution is -2.47. The van der Waals surface area contributed by atoms with Crippen LogP contribution in [0.3, 0.4) is 0 Å². The molecule has 1 aromatic rings. The largest absolute Gasteiger partial charge is 0.478 e. The van der Waals surface area contributed by atoms with E-state index in [1.54, 1.807) is 6.92 Å². The molecule has 0 saturated carbocycles. The molecule has 0 aromatic heterocycles. The third kappa shape index (κ3) is 11.8. The van der Waals surface area contributed by atoms with Gasteiger partial charge in [-0.2, -0.15) is 0 Å². The van der Waals surface area contributed by atoms with Gasteiger partial charge in [0, 0.05) is 11.1 Å². The van der Waals surface area contributed by atoms with E-state index >= 15 is 0 Å². The summed E-state index contributed by atoms with van der Waals surface area (Å²) in [7, 11) is 0. The fraction of sp³-hybridized carbons (Fsp3) is 0.414. The summed E-state index contributed by atoms with van der Waals surface area (Å²) in [6, 6.07) is 2.63. The Morgan fingerprint density at radius 3 is 1.91 bits per heavy atom. The number of benzene rings is 1. The van der Waals surface area contributed by atoms with Gasteiger partial charge in [0.15, 0.2) is 12.2 Å². The van der Waals surface area contributed by atoms with Gasteiger partial charge in [-0.1, -0.05) is 20.1 Å². The van der Waals surface area contributed by atoms with Gasteiger partial charge in [0.1, 0.15) is 12.7 Å². The first kappa shape index (κ1) is 36.0. The fourth-order valence-electron chi connectivity index (χ4n) is 3.23. The number of carbonyl (C=O) groups is 7. The van der Waals surface area contributed by atoms with E-state index in [1.807, 2.05) is 0 Å². The molecular formula is C29H34O14. The normalized spacial score (nSPS) is 12.5. The molecule has 3 unspecified atom stereocenters. The summed E-state index contributed by atoms with van der Waals surface area (Å²) in [4.78, 5) is 85.0. The third-order valence-electron chi connectivity index (χ3n) is 5.44. The van der Waals surface area contributed by atoms with E-state index in [0.717, 1.165) is 18.2 Å². The van der Waals surface area contributed by atoms with Gasteiger partial charge in [-0.15, -0.1) is 0 Å². The number of esters is 5. The topological polar surface area (TPSA) is 206 Å². The van der Waals surface area contributed by atoms with Crippen LogP contribution in [0.1, 0.15) is 78.0 Å². The van der Waals surface area contributed by atoms with E-state index in [0.29, 0.717) is 6.42 Å². The smallest absolute Gasteiger partial charge is 0.338 e. The Morgan fingerprint density at radius 1 is 0.791 bits per heavy atom. The van der Waals surface area contributed by atoms with E-state index in [2.05, 4.69) is 13.2 Å². The highest BCUT2D eigenvalue weighted by molar-refractivity contribution is 6.04. The second kappa shape index (κ2) is 17.1. The summed E-state index contributed by atoms with van der Waals surface area (Å²) < 4.78 is 26.2. The van der Waals surface area contributed by atoms with Crippen molar-refractivity contribution in [2.45, 2.75) is 65.3 Å². The van der Waals surface area contributed by atoms with E-state index in [-0.39, 0.29) is 24.2 Å². The van der Waals surface area contributed by atoms with Crippen LogP contribution in [0.2, 0.25) is 0 Å². The Balaban J connectivity index is 3.43. The van der Waals surface area contributed by atoms with Gasteiger partial charge in [0.05, 0.1) is 36.1 Å². The van der Waals surface area contributed by atoms with Gasteiger partial charge >= 0.3 is 41.8 Å². The third-order valence-corrected chi connectivity index (χ3v) is 5.44. The number of aromatic carboxylic acids is 2. The average molecular weight is 607 g/mol. The first-order valence-corrected chi connectivity index (χ1v) is 12.9. The minimum atomic E-state index is -1.66. The molecule has 0 amide bonds. The Bertz CT molecular complexity index is 1280. The Labute approximate surface area is 247 Å². The molecule has 0 aliphatic rings. The maximum absolute atomic E-state index is 13.1. The number of carbonyl (C=O) groups excluding carboxylic acids is 5. The van der Waals surface area contributed by atoms with Crippen LogP contribution in [-0.4, -0.2) is 83.5 Å². The molecule has 14 nitrogen and oxygen atoms in total. The maximum Gasteiger partial charge on any atom is 0.338 e. The predicted octanol–water partition coefficient (Wildman–Crippen LogP) is 2.88. The molecule has 0 aliphatic carbocycles. The maximum atomic E-state index is 13.1. The van der Waals surface area contributed by atoms with Crippen molar-refractivity contribution in [3.8, 4) is 0 Å². The second-order valence-corrected chi connectivity index (χ2v) is 9.26. The number of carboxylic acids is 2. The van der Waals surface area contributed by atoms with Crippen LogP contribution in [0.5, 0.6) is 0 Å². The van der Waals surface area contributed by atoms with E-state index in [4.69, 9.17) is 23.7 Å². The molecule has 0 fully saturated rings. The molecule has 0 aliphatic heterocycles. The summed E-state index contributed by atoms with van der Waals surface area (Å²) in [6.45, 7) is 12.1. The standard InChI is InChI=1S/C29H34O14/c1-7-12-39-22(30)10-11-23(31)43-24(17(6)41-28(37)16(4)5)21(14-40-27(36)15(2)3)42-29(38)18-8-9-19(25(32)33)20(13-18)26(34)35/h8-9,13,17,21,24H,2,4,7,10-12,14H2,1,3,5-6H3,(H,32,33)(H,34,35). The van der Waals surface area contributed by atoms with Crippen molar-refractivity contribution in [1.29, 1.82) is 0 Å².